The predicted octanol–water partition coefficient (Wildman–Crippen LogP) is 1.29. The van der Waals surface area contributed by atoms with Gasteiger partial charge >= 0.3 is 12.0 Å². The fourth-order valence-corrected chi connectivity index (χ4v) is 3.39. The van der Waals surface area contributed by atoms with Gasteiger partial charge in [-0.1, -0.05) is 0 Å². The lowest BCUT2D eigenvalue weighted by atomic mass is 10.2. The molecule has 0 saturated heterocycles. The fraction of sp³-hybridized carbons (Fsp3) is 0.300. The maximum Gasteiger partial charge on any atom is 0.332 e. The van der Waals surface area contributed by atoms with E-state index in [9.17, 15) is 18.0 Å². The molecule has 0 fully saturated rings. The Labute approximate surface area is 191 Å². The van der Waals surface area contributed by atoms with Crippen molar-refractivity contribution in [2.75, 3.05) is 31.4 Å². The molecule has 0 saturated carbocycles. The normalized spacial score (nSPS) is 11.5. The number of methoxy groups -OCH3 is 3. The quantitative estimate of drug-likeness (QED) is 0.335. The van der Waals surface area contributed by atoms with Crippen LogP contribution in [-0.2, 0) is 24.3 Å². The second kappa shape index (κ2) is 11.1. The van der Waals surface area contributed by atoms with E-state index in [1.165, 1.54) is 51.7 Å². The predicted molar refractivity (Wildman–Crippen MR) is 119 cm³/mol. The molecule has 3 N–H and O–H groups in total. The third-order valence-electron chi connectivity index (χ3n) is 3.88. The van der Waals surface area contributed by atoms with Crippen molar-refractivity contribution in [1.29, 1.82) is 0 Å². The number of carbonyl (C=O) groups excluding carboxylic acids is 2. The highest BCUT2D eigenvalue weighted by atomic mass is 32.2. The van der Waals surface area contributed by atoms with E-state index in [2.05, 4.69) is 30.1 Å². The minimum absolute atomic E-state index is 0.0467. The number of amides is 1. The van der Waals surface area contributed by atoms with Crippen molar-refractivity contribution < 1.29 is 32.2 Å². The van der Waals surface area contributed by atoms with Gasteiger partial charge in [-0.2, -0.15) is 9.97 Å². The monoisotopic (exact) mass is 479 g/mol. The average molecular weight is 480 g/mol. The van der Waals surface area contributed by atoms with E-state index in [1.807, 2.05) is 0 Å². The first-order valence-corrected chi connectivity index (χ1v) is 11.0. The minimum Gasteiger partial charge on any atom is -0.481 e. The van der Waals surface area contributed by atoms with Gasteiger partial charge < -0.3 is 24.8 Å². The van der Waals surface area contributed by atoms with E-state index in [-0.39, 0.29) is 34.3 Å². The van der Waals surface area contributed by atoms with E-state index in [0.717, 1.165) is 6.08 Å². The lowest BCUT2D eigenvalue weighted by Gasteiger charge is -2.14. The molecule has 0 bridgehead atoms. The van der Waals surface area contributed by atoms with Gasteiger partial charge in [0.15, 0.2) is 5.82 Å². The van der Waals surface area contributed by atoms with Crippen molar-refractivity contribution in [2.45, 2.75) is 24.8 Å². The first kappa shape index (κ1) is 25.4. The number of nitrogens with one attached hydrogen (secondary N) is 3. The summed E-state index contributed by atoms with van der Waals surface area (Å²) in [5, 5.41) is 5.45. The van der Waals surface area contributed by atoms with Crippen LogP contribution in [0.1, 0.15) is 13.8 Å². The zero-order chi connectivity index (χ0) is 24.6. The number of hydrogen-bond acceptors (Lipinski definition) is 10. The van der Waals surface area contributed by atoms with E-state index in [1.54, 1.807) is 13.8 Å². The highest BCUT2D eigenvalue weighted by molar-refractivity contribution is 7.92. The Morgan fingerprint density at radius 2 is 1.70 bits per heavy atom. The van der Waals surface area contributed by atoms with Gasteiger partial charge in [-0.3, -0.25) is 9.52 Å². The van der Waals surface area contributed by atoms with Crippen LogP contribution < -0.4 is 24.8 Å². The van der Waals surface area contributed by atoms with Gasteiger partial charge in [0, 0.05) is 17.8 Å². The summed E-state index contributed by atoms with van der Waals surface area (Å²) in [6.45, 7) is 3.53. The number of hydrogen-bond donors (Lipinski definition) is 3. The molecule has 0 atom stereocenters. The Bertz CT molecular complexity index is 1110. The minimum atomic E-state index is -4.01. The lowest BCUT2D eigenvalue weighted by molar-refractivity contribution is -0.135. The number of anilines is 2. The molecule has 0 aliphatic rings. The molecular weight excluding hydrogens is 454 g/mol. The number of carbonyl (C=O) groups is 2. The first-order chi connectivity index (χ1) is 15.6. The number of aromatic nitrogens is 2. The standard InChI is InChI=1S/C20H25N5O7S/c1-12(2)21-19(27)15(10-18(26)31-4)22-13-6-8-14(9-7-13)33(28,29)25-16-11-17(30-3)24-20(23-16)32-5/h6-12,22H,1-5H3,(H,21,27)(H,23,24,25)/b15-10-. The molecular formula is C20H25N5O7S. The number of esters is 1. The molecule has 33 heavy (non-hydrogen) atoms. The van der Waals surface area contributed by atoms with Crippen molar-refractivity contribution in [2.24, 2.45) is 0 Å². The summed E-state index contributed by atoms with van der Waals surface area (Å²) in [5.74, 6) is -1.19. The zero-order valence-electron chi connectivity index (χ0n) is 18.7. The highest BCUT2D eigenvalue weighted by Gasteiger charge is 2.18. The molecule has 1 amide bonds. The number of nitrogens with zero attached hydrogens (tertiary/aromatic N) is 2. The summed E-state index contributed by atoms with van der Waals surface area (Å²) < 4.78 is 42.3. The SMILES string of the molecule is COC(=O)/C=C(\Nc1ccc(S(=O)(=O)Nc2cc(OC)nc(OC)n2)cc1)C(=O)NC(C)C. The molecule has 1 heterocycles. The van der Waals surface area contributed by atoms with Gasteiger partial charge in [0.25, 0.3) is 15.9 Å². The summed E-state index contributed by atoms with van der Waals surface area (Å²) in [7, 11) is -0.117. The van der Waals surface area contributed by atoms with Gasteiger partial charge in [-0.15, -0.1) is 0 Å². The van der Waals surface area contributed by atoms with Crippen LogP contribution >= 0.6 is 0 Å². The van der Waals surface area contributed by atoms with Crippen LogP contribution in [0.15, 0.2) is 47.0 Å². The highest BCUT2D eigenvalue weighted by Crippen LogP contribution is 2.22. The fourth-order valence-electron chi connectivity index (χ4n) is 2.40. The van der Waals surface area contributed by atoms with Gasteiger partial charge in [-0.25, -0.2) is 13.2 Å². The molecule has 0 aliphatic heterocycles. The van der Waals surface area contributed by atoms with Gasteiger partial charge in [0.1, 0.15) is 5.70 Å². The molecule has 178 valence electrons. The third-order valence-corrected chi connectivity index (χ3v) is 5.25. The number of benzene rings is 1. The first-order valence-electron chi connectivity index (χ1n) is 9.55. The smallest absolute Gasteiger partial charge is 0.332 e. The Balaban J connectivity index is 2.24. The van der Waals surface area contributed by atoms with Crippen LogP contribution in [0.25, 0.3) is 0 Å². The van der Waals surface area contributed by atoms with Crippen molar-refractivity contribution in [3.8, 4) is 11.9 Å². The summed E-state index contributed by atoms with van der Waals surface area (Å²) >= 11 is 0. The molecule has 12 nitrogen and oxygen atoms in total. The second-order valence-electron chi connectivity index (χ2n) is 6.75. The molecule has 0 spiro atoms. The van der Waals surface area contributed by atoms with Crippen LogP contribution in [0.5, 0.6) is 11.9 Å². The summed E-state index contributed by atoms with van der Waals surface area (Å²) in [6, 6.07) is 6.56. The van der Waals surface area contributed by atoms with Crippen LogP contribution in [-0.4, -0.2) is 57.6 Å². The van der Waals surface area contributed by atoms with Crippen molar-refractivity contribution in [1.82, 2.24) is 15.3 Å². The maximum atomic E-state index is 12.7. The largest absolute Gasteiger partial charge is 0.481 e. The Morgan fingerprint density at radius 3 is 2.24 bits per heavy atom. The Morgan fingerprint density at radius 1 is 1.03 bits per heavy atom. The third kappa shape index (κ3) is 7.35. The molecule has 0 unspecified atom stereocenters. The van der Waals surface area contributed by atoms with Crippen LogP contribution in [0.3, 0.4) is 0 Å². The van der Waals surface area contributed by atoms with Gasteiger partial charge in [-0.05, 0) is 38.1 Å². The van der Waals surface area contributed by atoms with Gasteiger partial charge in [0.05, 0.1) is 32.3 Å². The second-order valence-corrected chi connectivity index (χ2v) is 8.43. The van der Waals surface area contributed by atoms with Crippen molar-refractivity contribution in [3.63, 3.8) is 0 Å². The molecule has 1 aromatic carbocycles. The maximum absolute atomic E-state index is 12.7. The molecule has 0 aliphatic carbocycles. The number of ether oxygens (including phenoxy) is 3. The average Bonchev–Trinajstić information content (AvgIpc) is 2.77. The zero-order valence-corrected chi connectivity index (χ0v) is 19.5. The summed E-state index contributed by atoms with van der Waals surface area (Å²) in [5.41, 5.74) is 0.304. The summed E-state index contributed by atoms with van der Waals surface area (Å²) in [4.78, 5) is 31.7. The Kier molecular flexibility index (Phi) is 8.56. The molecule has 1 aromatic heterocycles. The molecule has 0 radical (unpaired) electrons. The van der Waals surface area contributed by atoms with E-state index in [0.29, 0.717) is 5.69 Å². The number of rotatable bonds is 10. The van der Waals surface area contributed by atoms with E-state index < -0.39 is 21.9 Å². The van der Waals surface area contributed by atoms with Crippen LogP contribution in [0, 0.1) is 0 Å². The van der Waals surface area contributed by atoms with Crippen molar-refractivity contribution in [3.05, 3.63) is 42.1 Å². The Hall–Kier alpha value is -3.87. The van der Waals surface area contributed by atoms with Crippen molar-refractivity contribution >= 4 is 33.4 Å². The van der Waals surface area contributed by atoms with Crippen LogP contribution in [0.4, 0.5) is 11.5 Å². The van der Waals surface area contributed by atoms with Gasteiger partial charge in [0.2, 0.25) is 5.88 Å². The molecule has 2 rings (SSSR count). The van der Waals surface area contributed by atoms with E-state index in [4.69, 9.17) is 9.47 Å². The number of sulfonamides is 1. The summed E-state index contributed by atoms with van der Waals surface area (Å²) in [6.07, 6.45) is 1.000. The topological polar surface area (TPSA) is 158 Å². The molecule has 13 heteroatoms. The molecule has 2 aromatic rings. The lowest BCUT2D eigenvalue weighted by Crippen LogP contribution is -2.34. The van der Waals surface area contributed by atoms with Crippen LogP contribution in [0.2, 0.25) is 0 Å². The van der Waals surface area contributed by atoms with E-state index >= 15 is 0 Å².